The Morgan fingerprint density at radius 3 is 2.43 bits per heavy atom. The Kier molecular flexibility index (Phi) is 5.77. The summed E-state index contributed by atoms with van der Waals surface area (Å²) >= 11 is 0. The SMILES string of the molecule is CCOC(=O)CCC(O)CC(C)(C)C. The van der Waals surface area contributed by atoms with E-state index in [1.807, 2.05) is 0 Å². The molecular formula is C11H22O3. The van der Waals surface area contributed by atoms with Crippen LogP contribution in [0, 0.1) is 5.41 Å². The summed E-state index contributed by atoms with van der Waals surface area (Å²) in [5.41, 5.74) is 0.105. The molecule has 0 bridgehead atoms. The van der Waals surface area contributed by atoms with E-state index >= 15 is 0 Å². The Labute approximate surface area is 86.5 Å². The van der Waals surface area contributed by atoms with Crippen LogP contribution in [0.5, 0.6) is 0 Å². The van der Waals surface area contributed by atoms with Crippen molar-refractivity contribution >= 4 is 5.97 Å². The molecule has 0 fully saturated rings. The van der Waals surface area contributed by atoms with Crippen LogP contribution in [0.15, 0.2) is 0 Å². The molecule has 0 aliphatic carbocycles. The molecule has 0 amide bonds. The van der Waals surface area contributed by atoms with E-state index in [0.29, 0.717) is 25.9 Å². The summed E-state index contributed by atoms with van der Waals surface area (Å²) in [6, 6.07) is 0. The van der Waals surface area contributed by atoms with Crippen molar-refractivity contribution in [2.75, 3.05) is 6.61 Å². The van der Waals surface area contributed by atoms with E-state index in [1.165, 1.54) is 0 Å². The standard InChI is InChI=1S/C11H22O3/c1-5-14-10(13)7-6-9(12)8-11(2,3)4/h9,12H,5-8H2,1-4H3. The van der Waals surface area contributed by atoms with Crippen molar-refractivity contribution in [2.45, 2.75) is 53.1 Å². The summed E-state index contributed by atoms with van der Waals surface area (Å²) in [6.45, 7) is 8.40. The van der Waals surface area contributed by atoms with Gasteiger partial charge in [-0.05, 0) is 25.2 Å². The van der Waals surface area contributed by atoms with Crippen molar-refractivity contribution in [1.29, 1.82) is 0 Å². The van der Waals surface area contributed by atoms with E-state index in [2.05, 4.69) is 20.8 Å². The van der Waals surface area contributed by atoms with Crippen LogP contribution in [0.2, 0.25) is 0 Å². The molecule has 0 heterocycles. The Bertz CT molecular complexity index is 170. The van der Waals surface area contributed by atoms with Gasteiger partial charge in [-0.2, -0.15) is 0 Å². The minimum absolute atomic E-state index is 0.105. The Morgan fingerprint density at radius 1 is 1.43 bits per heavy atom. The zero-order valence-corrected chi connectivity index (χ0v) is 9.67. The van der Waals surface area contributed by atoms with E-state index in [1.54, 1.807) is 6.92 Å². The van der Waals surface area contributed by atoms with Crippen LogP contribution in [-0.2, 0) is 9.53 Å². The van der Waals surface area contributed by atoms with Gasteiger partial charge in [0.25, 0.3) is 0 Å². The average Bonchev–Trinajstić information content (AvgIpc) is 1.98. The third-order valence-corrected chi connectivity index (χ3v) is 1.84. The van der Waals surface area contributed by atoms with E-state index in [-0.39, 0.29) is 11.4 Å². The van der Waals surface area contributed by atoms with Gasteiger partial charge in [0, 0.05) is 6.42 Å². The number of ether oxygens (including phenoxy) is 1. The highest BCUT2D eigenvalue weighted by Crippen LogP contribution is 2.22. The summed E-state index contributed by atoms with van der Waals surface area (Å²) in [5.74, 6) is -0.222. The molecule has 0 aliphatic heterocycles. The van der Waals surface area contributed by atoms with Crippen LogP contribution in [0.4, 0.5) is 0 Å². The molecule has 1 unspecified atom stereocenters. The number of carbonyl (C=O) groups excluding carboxylic acids is 1. The second-order valence-electron chi connectivity index (χ2n) is 4.76. The van der Waals surface area contributed by atoms with Gasteiger partial charge in [-0.15, -0.1) is 0 Å². The molecule has 0 radical (unpaired) electrons. The van der Waals surface area contributed by atoms with E-state index in [9.17, 15) is 9.90 Å². The van der Waals surface area contributed by atoms with Crippen LogP contribution in [-0.4, -0.2) is 23.8 Å². The molecule has 1 atom stereocenters. The number of aliphatic hydroxyl groups is 1. The zero-order valence-electron chi connectivity index (χ0n) is 9.67. The maximum atomic E-state index is 11.0. The third-order valence-electron chi connectivity index (χ3n) is 1.84. The molecule has 0 spiro atoms. The van der Waals surface area contributed by atoms with Crippen LogP contribution < -0.4 is 0 Å². The minimum atomic E-state index is -0.403. The second-order valence-corrected chi connectivity index (χ2v) is 4.76. The first-order valence-corrected chi connectivity index (χ1v) is 5.19. The molecule has 0 aromatic heterocycles. The predicted molar refractivity (Wildman–Crippen MR) is 55.9 cm³/mol. The monoisotopic (exact) mass is 202 g/mol. The predicted octanol–water partition coefficient (Wildman–Crippen LogP) is 2.13. The van der Waals surface area contributed by atoms with Gasteiger partial charge in [-0.1, -0.05) is 20.8 Å². The number of hydrogen-bond acceptors (Lipinski definition) is 3. The van der Waals surface area contributed by atoms with Crippen molar-refractivity contribution < 1.29 is 14.6 Å². The maximum Gasteiger partial charge on any atom is 0.305 e. The van der Waals surface area contributed by atoms with E-state index in [4.69, 9.17) is 4.74 Å². The van der Waals surface area contributed by atoms with Crippen molar-refractivity contribution in [3.8, 4) is 0 Å². The van der Waals surface area contributed by atoms with Crippen LogP contribution in [0.25, 0.3) is 0 Å². The first-order valence-electron chi connectivity index (χ1n) is 5.19. The highest BCUT2D eigenvalue weighted by Gasteiger charge is 2.17. The highest BCUT2D eigenvalue weighted by molar-refractivity contribution is 5.69. The van der Waals surface area contributed by atoms with E-state index < -0.39 is 6.10 Å². The summed E-state index contributed by atoms with van der Waals surface area (Å²) in [5, 5.41) is 9.59. The van der Waals surface area contributed by atoms with Gasteiger partial charge in [0.15, 0.2) is 0 Å². The Morgan fingerprint density at radius 2 is 2.00 bits per heavy atom. The lowest BCUT2D eigenvalue weighted by Gasteiger charge is -2.21. The fourth-order valence-corrected chi connectivity index (χ4v) is 1.33. The Balaban J connectivity index is 3.63. The van der Waals surface area contributed by atoms with Crippen molar-refractivity contribution in [3.05, 3.63) is 0 Å². The van der Waals surface area contributed by atoms with Gasteiger partial charge >= 0.3 is 5.97 Å². The van der Waals surface area contributed by atoms with Gasteiger partial charge in [0.1, 0.15) is 0 Å². The first kappa shape index (κ1) is 13.4. The molecule has 1 N–H and O–H groups in total. The summed E-state index contributed by atoms with van der Waals surface area (Å²) < 4.78 is 4.77. The van der Waals surface area contributed by atoms with Crippen LogP contribution >= 0.6 is 0 Å². The largest absolute Gasteiger partial charge is 0.466 e. The van der Waals surface area contributed by atoms with Gasteiger partial charge < -0.3 is 9.84 Å². The number of esters is 1. The smallest absolute Gasteiger partial charge is 0.305 e. The molecule has 0 aliphatic rings. The fraction of sp³-hybridized carbons (Fsp3) is 0.909. The van der Waals surface area contributed by atoms with Crippen molar-refractivity contribution in [1.82, 2.24) is 0 Å². The number of aliphatic hydroxyl groups excluding tert-OH is 1. The second kappa shape index (κ2) is 6.02. The molecular weight excluding hydrogens is 180 g/mol. The van der Waals surface area contributed by atoms with Gasteiger partial charge in [-0.3, -0.25) is 4.79 Å². The normalized spacial score (nSPS) is 13.8. The molecule has 0 aromatic rings. The summed E-state index contributed by atoms with van der Waals surface area (Å²) in [4.78, 5) is 11.0. The first-order chi connectivity index (χ1) is 6.35. The number of rotatable bonds is 5. The number of hydrogen-bond donors (Lipinski definition) is 1. The molecule has 0 aromatic carbocycles. The third kappa shape index (κ3) is 8.05. The molecule has 0 saturated heterocycles. The van der Waals surface area contributed by atoms with Crippen molar-refractivity contribution in [3.63, 3.8) is 0 Å². The minimum Gasteiger partial charge on any atom is -0.466 e. The van der Waals surface area contributed by atoms with Gasteiger partial charge in [0.2, 0.25) is 0 Å². The fourth-order valence-electron chi connectivity index (χ4n) is 1.33. The van der Waals surface area contributed by atoms with Crippen molar-refractivity contribution in [2.24, 2.45) is 5.41 Å². The molecule has 3 heteroatoms. The highest BCUT2D eigenvalue weighted by atomic mass is 16.5. The lowest BCUT2D eigenvalue weighted by atomic mass is 9.88. The molecule has 84 valence electrons. The Hall–Kier alpha value is -0.570. The van der Waals surface area contributed by atoms with Gasteiger partial charge in [-0.25, -0.2) is 0 Å². The zero-order chi connectivity index (χ0) is 11.2. The molecule has 3 nitrogen and oxygen atoms in total. The number of carbonyl (C=O) groups is 1. The lowest BCUT2D eigenvalue weighted by Crippen LogP contribution is -2.19. The van der Waals surface area contributed by atoms with E-state index in [0.717, 1.165) is 0 Å². The summed E-state index contributed by atoms with van der Waals surface area (Å²) in [7, 11) is 0. The van der Waals surface area contributed by atoms with Crippen LogP contribution in [0.3, 0.4) is 0 Å². The molecule has 0 saturated carbocycles. The average molecular weight is 202 g/mol. The molecule has 0 rings (SSSR count). The van der Waals surface area contributed by atoms with Gasteiger partial charge in [0.05, 0.1) is 12.7 Å². The maximum absolute atomic E-state index is 11.0. The molecule has 14 heavy (non-hydrogen) atoms. The summed E-state index contributed by atoms with van der Waals surface area (Å²) in [6.07, 6.45) is 1.12. The lowest BCUT2D eigenvalue weighted by molar-refractivity contribution is -0.143. The quantitative estimate of drug-likeness (QED) is 0.695. The van der Waals surface area contributed by atoms with Crippen LogP contribution in [0.1, 0.15) is 47.0 Å². The topological polar surface area (TPSA) is 46.5 Å².